The standard InChI is InChI=1S/C22H18F3N3O7/c1-32-18(29)21-11-13-5-3-4-6-16(13)17(21)26-27(12-34-21)19(30)28(20(31)33-2)14-7-9-15(10-8-14)35-22(23,24)25/h3-10H,11-12H2,1-2H3/t21-/m0/s1. The fraction of sp³-hybridized carbons (Fsp3) is 0.273. The summed E-state index contributed by atoms with van der Waals surface area (Å²) in [5, 5.41) is 5.11. The summed E-state index contributed by atoms with van der Waals surface area (Å²) >= 11 is 0. The SMILES string of the molecule is COC(=O)N(C(=O)N1CO[C@@]2(C(=O)OC)Cc3ccccc3C2=N1)c1ccc(OC(F)(F)F)cc1. The third-order valence-corrected chi connectivity index (χ3v) is 5.36. The lowest BCUT2D eigenvalue weighted by Crippen LogP contribution is -2.56. The summed E-state index contributed by atoms with van der Waals surface area (Å²) in [5.41, 5.74) is -0.252. The summed E-state index contributed by atoms with van der Waals surface area (Å²) in [4.78, 5) is 38.9. The Morgan fingerprint density at radius 1 is 1.06 bits per heavy atom. The van der Waals surface area contributed by atoms with E-state index in [-0.39, 0.29) is 17.8 Å². The highest BCUT2D eigenvalue weighted by Gasteiger charge is 2.55. The van der Waals surface area contributed by atoms with Gasteiger partial charge < -0.3 is 18.9 Å². The molecule has 2 aromatic carbocycles. The Bertz CT molecular complexity index is 1200. The van der Waals surface area contributed by atoms with Crippen molar-refractivity contribution in [1.29, 1.82) is 0 Å². The molecule has 2 aromatic rings. The molecule has 0 saturated heterocycles. The van der Waals surface area contributed by atoms with E-state index in [1.54, 1.807) is 24.3 Å². The highest BCUT2D eigenvalue weighted by Crippen LogP contribution is 2.38. The predicted octanol–water partition coefficient (Wildman–Crippen LogP) is 3.44. The summed E-state index contributed by atoms with van der Waals surface area (Å²) < 4.78 is 56.6. The molecule has 10 nitrogen and oxygen atoms in total. The number of halogens is 3. The van der Waals surface area contributed by atoms with Crippen molar-refractivity contribution >= 4 is 29.5 Å². The Kier molecular flexibility index (Phi) is 6.11. The number of methoxy groups -OCH3 is 2. The Morgan fingerprint density at radius 2 is 1.74 bits per heavy atom. The average Bonchev–Trinajstić information content (AvgIpc) is 3.18. The van der Waals surface area contributed by atoms with Crippen LogP contribution < -0.4 is 9.64 Å². The maximum Gasteiger partial charge on any atom is 0.573 e. The van der Waals surface area contributed by atoms with E-state index in [9.17, 15) is 27.6 Å². The molecule has 0 N–H and O–H groups in total. The minimum absolute atomic E-state index is 0.117. The smallest absolute Gasteiger partial charge is 0.467 e. The molecule has 0 saturated carbocycles. The maximum atomic E-state index is 13.3. The third kappa shape index (κ3) is 4.37. The van der Waals surface area contributed by atoms with Gasteiger partial charge in [-0.1, -0.05) is 24.3 Å². The fourth-order valence-electron chi connectivity index (χ4n) is 3.84. The number of ether oxygens (including phenoxy) is 4. The van der Waals surface area contributed by atoms with E-state index in [1.165, 1.54) is 7.11 Å². The number of imide groups is 1. The molecule has 0 aromatic heterocycles. The van der Waals surface area contributed by atoms with Crippen LogP contribution in [-0.4, -0.2) is 61.7 Å². The van der Waals surface area contributed by atoms with Gasteiger partial charge in [0.25, 0.3) is 0 Å². The second-order valence-corrected chi connectivity index (χ2v) is 7.40. The van der Waals surface area contributed by atoms with Gasteiger partial charge in [-0.2, -0.15) is 15.0 Å². The van der Waals surface area contributed by atoms with E-state index < -0.39 is 42.5 Å². The molecule has 4 rings (SSSR count). The normalized spacial score (nSPS) is 18.7. The number of rotatable bonds is 3. The van der Waals surface area contributed by atoms with Crippen molar-refractivity contribution in [1.82, 2.24) is 5.01 Å². The maximum absolute atomic E-state index is 13.3. The quantitative estimate of drug-likeness (QED) is 0.603. The average molecular weight is 493 g/mol. The van der Waals surface area contributed by atoms with Crippen LogP contribution in [0.5, 0.6) is 5.75 Å². The molecule has 0 bridgehead atoms. The number of esters is 1. The molecule has 1 heterocycles. The second-order valence-electron chi connectivity index (χ2n) is 7.40. The minimum Gasteiger partial charge on any atom is -0.467 e. The van der Waals surface area contributed by atoms with Crippen LogP contribution in [0.15, 0.2) is 53.6 Å². The molecule has 2 aliphatic rings. The number of hydrazone groups is 1. The van der Waals surface area contributed by atoms with E-state index in [0.717, 1.165) is 41.9 Å². The number of hydrogen-bond donors (Lipinski definition) is 0. The van der Waals surface area contributed by atoms with Crippen LogP contribution in [0.4, 0.5) is 28.4 Å². The number of urea groups is 1. The Labute approximate surface area is 196 Å². The summed E-state index contributed by atoms with van der Waals surface area (Å²) in [6.45, 7) is -0.520. The van der Waals surface area contributed by atoms with Crippen LogP contribution >= 0.6 is 0 Å². The van der Waals surface area contributed by atoms with Crippen molar-refractivity contribution in [2.24, 2.45) is 5.10 Å². The van der Waals surface area contributed by atoms with Crippen molar-refractivity contribution in [3.8, 4) is 5.75 Å². The van der Waals surface area contributed by atoms with Gasteiger partial charge in [0.1, 0.15) is 18.2 Å². The van der Waals surface area contributed by atoms with Crippen molar-refractivity contribution in [3.63, 3.8) is 0 Å². The lowest BCUT2D eigenvalue weighted by atomic mass is 9.97. The number of anilines is 1. The molecule has 0 radical (unpaired) electrons. The van der Waals surface area contributed by atoms with E-state index in [2.05, 4.69) is 14.6 Å². The summed E-state index contributed by atoms with van der Waals surface area (Å²) in [7, 11) is 2.22. The third-order valence-electron chi connectivity index (χ3n) is 5.36. The highest BCUT2D eigenvalue weighted by atomic mass is 19.4. The molecular formula is C22H18F3N3O7. The van der Waals surface area contributed by atoms with Gasteiger partial charge in [0, 0.05) is 12.0 Å². The molecule has 1 atom stereocenters. The monoisotopic (exact) mass is 493 g/mol. The van der Waals surface area contributed by atoms with E-state index >= 15 is 0 Å². The van der Waals surface area contributed by atoms with Gasteiger partial charge in [-0.25, -0.2) is 14.4 Å². The molecule has 35 heavy (non-hydrogen) atoms. The Hall–Kier alpha value is -4.13. The van der Waals surface area contributed by atoms with Gasteiger partial charge in [-0.3, -0.25) is 0 Å². The Balaban J connectivity index is 1.69. The minimum atomic E-state index is -4.91. The van der Waals surface area contributed by atoms with E-state index in [0.29, 0.717) is 10.5 Å². The fourth-order valence-corrected chi connectivity index (χ4v) is 3.84. The summed E-state index contributed by atoms with van der Waals surface area (Å²) in [5.74, 6) is -1.25. The first-order chi connectivity index (χ1) is 16.6. The number of nitrogens with zero attached hydrogens (tertiary/aromatic N) is 3. The molecule has 1 aliphatic carbocycles. The first-order valence-electron chi connectivity index (χ1n) is 10.0. The molecule has 184 valence electrons. The van der Waals surface area contributed by atoms with Crippen molar-refractivity contribution in [3.05, 3.63) is 59.7 Å². The highest BCUT2D eigenvalue weighted by molar-refractivity contribution is 6.22. The van der Waals surface area contributed by atoms with Gasteiger partial charge in [0.2, 0.25) is 5.60 Å². The summed E-state index contributed by atoms with van der Waals surface area (Å²) in [6.07, 6.45) is -5.90. The molecular weight excluding hydrogens is 475 g/mol. The number of alkyl halides is 3. The van der Waals surface area contributed by atoms with Gasteiger partial charge >= 0.3 is 24.5 Å². The van der Waals surface area contributed by atoms with Crippen LogP contribution in [0.1, 0.15) is 11.1 Å². The first kappa shape index (κ1) is 24.0. The molecule has 13 heteroatoms. The number of carbonyl (C=O) groups excluding carboxylic acids is 3. The summed E-state index contributed by atoms with van der Waals surface area (Å²) in [6, 6.07) is 9.94. The van der Waals surface area contributed by atoms with Crippen LogP contribution in [0.3, 0.4) is 0 Å². The van der Waals surface area contributed by atoms with Crippen LogP contribution in [0.2, 0.25) is 0 Å². The van der Waals surface area contributed by atoms with Crippen molar-refractivity contribution in [2.45, 2.75) is 18.4 Å². The number of carbonyl (C=O) groups is 3. The van der Waals surface area contributed by atoms with Gasteiger partial charge in [0.15, 0.2) is 0 Å². The zero-order valence-corrected chi connectivity index (χ0v) is 18.4. The Morgan fingerprint density at radius 3 is 2.37 bits per heavy atom. The van der Waals surface area contributed by atoms with E-state index in [4.69, 9.17) is 9.47 Å². The number of fused-ring (bicyclic) bond motifs is 3. The molecule has 1 aliphatic heterocycles. The zero-order valence-electron chi connectivity index (χ0n) is 18.4. The van der Waals surface area contributed by atoms with Gasteiger partial charge in [0.05, 0.1) is 19.9 Å². The number of hydrogen-bond acceptors (Lipinski definition) is 8. The molecule has 0 fully saturated rings. The van der Waals surface area contributed by atoms with Crippen LogP contribution in [-0.2, 0) is 25.4 Å². The second kappa shape index (κ2) is 8.91. The van der Waals surface area contributed by atoms with Gasteiger partial charge in [-0.15, -0.1) is 13.2 Å². The number of benzene rings is 2. The largest absolute Gasteiger partial charge is 0.573 e. The number of amides is 3. The topological polar surface area (TPSA) is 107 Å². The first-order valence-corrected chi connectivity index (χ1v) is 10.0. The van der Waals surface area contributed by atoms with E-state index in [1.807, 2.05) is 0 Å². The van der Waals surface area contributed by atoms with Crippen LogP contribution in [0.25, 0.3) is 0 Å². The molecule has 0 unspecified atom stereocenters. The zero-order chi connectivity index (χ0) is 25.4. The lowest BCUT2D eigenvalue weighted by molar-refractivity contribution is -0.274. The van der Waals surface area contributed by atoms with Crippen molar-refractivity contribution in [2.75, 3.05) is 25.9 Å². The van der Waals surface area contributed by atoms with Crippen LogP contribution in [0, 0.1) is 0 Å². The molecule has 3 amide bonds. The lowest BCUT2D eigenvalue weighted by Gasteiger charge is -2.35. The molecule has 0 spiro atoms. The van der Waals surface area contributed by atoms with Crippen molar-refractivity contribution < 1.29 is 46.5 Å². The predicted molar refractivity (Wildman–Crippen MR) is 113 cm³/mol. The van der Waals surface area contributed by atoms with Gasteiger partial charge in [-0.05, 0) is 29.8 Å².